The molecule has 18 heavy (non-hydrogen) atoms. The first kappa shape index (κ1) is 19.0. The van der Waals surface area contributed by atoms with Crippen molar-refractivity contribution >= 4 is 11.9 Å². The summed E-state index contributed by atoms with van der Waals surface area (Å²) >= 11 is 0. The Morgan fingerprint density at radius 1 is 1.11 bits per heavy atom. The van der Waals surface area contributed by atoms with Gasteiger partial charge in [0.15, 0.2) is 0 Å². The lowest BCUT2D eigenvalue weighted by Crippen LogP contribution is -2.34. The van der Waals surface area contributed by atoms with E-state index in [-0.39, 0.29) is 6.04 Å². The molecule has 0 radical (unpaired) electrons. The number of likely N-dealkylation sites (N-methyl/N-ethyl adjacent to an activating group) is 2. The molecule has 0 aliphatic heterocycles. The molecule has 106 valence electrons. The Bertz CT molecular complexity index is 277. The molecule has 2 N–H and O–H groups in total. The Balaban J connectivity index is 0. The van der Waals surface area contributed by atoms with Gasteiger partial charge in [-0.15, -0.1) is 6.58 Å². The average Bonchev–Trinajstić information content (AvgIpc) is 2.24. The zero-order valence-electron chi connectivity index (χ0n) is 11.8. The van der Waals surface area contributed by atoms with E-state index in [4.69, 9.17) is 10.2 Å². The summed E-state index contributed by atoms with van der Waals surface area (Å²) in [6.45, 7) is 5.12. The molecule has 0 rings (SSSR count). The molecule has 6 heteroatoms. The largest absolute Gasteiger partial charge is 0.480 e. The van der Waals surface area contributed by atoms with Crippen LogP contribution in [0.25, 0.3) is 0 Å². The first-order valence-corrected chi connectivity index (χ1v) is 5.54. The molecule has 0 spiro atoms. The number of carbonyl (C=O) groups is 2. The molecular weight excluding hydrogens is 236 g/mol. The third kappa shape index (κ3) is 8.72. The number of hydrogen-bond acceptors (Lipinski definition) is 4. The van der Waals surface area contributed by atoms with Gasteiger partial charge in [-0.3, -0.25) is 19.4 Å². The number of carboxylic acids is 2. The predicted molar refractivity (Wildman–Crippen MR) is 70.7 cm³/mol. The second kappa shape index (κ2) is 9.61. The van der Waals surface area contributed by atoms with Crippen LogP contribution in [0.15, 0.2) is 12.7 Å². The quantitative estimate of drug-likeness (QED) is 0.681. The van der Waals surface area contributed by atoms with E-state index < -0.39 is 18.0 Å². The Morgan fingerprint density at radius 3 is 1.61 bits per heavy atom. The molecule has 0 aromatic carbocycles. The van der Waals surface area contributed by atoms with Gasteiger partial charge in [-0.1, -0.05) is 6.08 Å². The van der Waals surface area contributed by atoms with E-state index in [0.717, 1.165) is 0 Å². The standard InChI is InChI=1S/C7H13NO2.C5H11NO2/c1-4-5-6(7(9)10)8(2)3;1-4(5(7)8)6(2)3/h4,6H,1,5H2,2-3H3,(H,9,10);4H,1-3H3,(H,7,8). The highest BCUT2D eigenvalue weighted by Gasteiger charge is 2.16. The maximum atomic E-state index is 10.4. The summed E-state index contributed by atoms with van der Waals surface area (Å²) in [4.78, 5) is 23.8. The van der Waals surface area contributed by atoms with Crippen LogP contribution in [0.2, 0.25) is 0 Å². The van der Waals surface area contributed by atoms with Crippen molar-refractivity contribution < 1.29 is 19.8 Å². The zero-order chi connectivity index (χ0) is 14.9. The van der Waals surface area contributed by atoms with E-state index in [9.17, 15) is 9.59 Å². The number of rotatable bonds is 6. The molecule has 0 bridgehead atoms. The van der Waals surface area contributed by atoms with Crippen molar-refractivity contribution in [3.8, 4) is 0 Å². The van der Waals surface area contributed by atoms with E-state index in [1.54, 1.807) is 51.0 Å². The highest BCUT2D eigenvalue weighted by molar-refractivity contribution is 5.73. The Hall–Kier alpha value is -1.40. The van der Waals surface area contributed by atoms with Crippen molar-refractivity contribution in [2.75, 3.05) is 28.2 Å². The van der Waals surface area contributed by atoms with Crippen molar-refractivity contribution in [1.29, 1.82) is 0 Å². The molecule has 0 heterocycles. The van der Waals surface area contributed by atoms with Crippen LogP contribution in [0.1, 0.15) is 13.3 Å². The van der Waals surface area contributed by atoms with Crippen LogP contribution in [-0.4, -0.2) is 72.2 Å². The molecule has 0 saturated heterocycles. The molecular formula is C12H24N2O4. The van der Waals surface area contributed by atoms with Gasteiger partial charge in [0.1, 0.15) is 12.1 Å². The fourth-order valence-corrected chi connectivity index (χ4v) is 0.911. The van der Waals surface area contributed by atoms with Crippen LogP contribution >= 0.6 is 0 Å². The molecule has 0 aromatic heterocycles. The monoisotopic (exact) mass is 260 g/mol. The molecule has 6 nitrogen and oxygen atoms in total. The van der Waals surface area contributed by atoms with Crippen molar-refractivity contribution in [3.05, 3.63) is 12.7 Å². The summed E-state index contributed by atoms with van der Waals surface area (Å²) < 4.78 is 0. The van der Waals surface area contributed by atoms with E-state index >= 15 is 0 Å². The van der Waals surface area contributed by atoms with Gasteiger partial charge < -0.3 is 10.2 Å². The average molecular weight is 260 g/mol. The number of nitrogens with zero attached hydrogens (tertiary/aromatic N) is 2. The third-order valence-corrected chi connectivity index (χ3v) is 2.43. The molecule has 0 aromatic rings. The SMILES string of the molecule is C=CCC(C(=O)O)N(C)C.CC(C(=O)O)N(C)C. The Kier molecular flexibility index (Phi) is 10.1. The predicted octanol–water partition coefficient (Wildman–Crippen LogP) is 0.598. The maximum absolute atomic E-state index is 10.4. The normalized spacial score (nSPS) is 13.5. The van der Waals surface area contributed by atoms with Gasteiger partial charge in [0, 0.05) is 0 Å². The van der Waals surface area contributed by atoms with Crippen molar-refractivity contribution in [3.63, 3.8) is 0 Å². The lowest BCUT2D eigenvalue weighted by atomic mass is 10.2. The minimum Gasteiger partial charge on any atom is -0.480 e. The molecule has 2 unspecified atom stereocenters. The van der Waals surface area contributed by atoms with Gasteiger partial charge in [0.2, 0.25) is 0 Å². The summed E-state index contributed by atoms with van der Waals surface area (Å²) in [6.07, 6.45) is 2.10. The number of aliphatic carboxylic acids is 2. The molecule has 2 atom stereocenters. The van der Waals surface area contributed by atoms with E-state index in [2.05, 4.69) is 6.58 Å². The van der Waals surface area contributed by atoms with Crippen LogP contribution in [0, 0.1) is 0 Å². The Labute approximate surface area is 109 Å². The van der Waals surface area contributed by atoms with Crippen LogP contribution in [-0.2, 0) is 9.59 Å². The first-order valence-electron chi connectivity index (χ1n) is 5.54. The topological polar surface area (TPSA) is 81.1 Å². The lowest BCUT2D eigenvalue weighted by molar-refractivity contribution is -0.142. The third-order valence-electron chi connectivity index (χ3n) is 2.43. The van der Waals surface area contributed by atoms with Crippen molar-refractivity contribution in [1.82, 2.24) is 9.80 Å². The van der Waals surface area contributed by atoms with Gasteiger partial charge in [0.25, 0.3) is 0 Å². The summed E-state index contributed by atoms with van der Waals surface area (Å²) in [5, 5.41) is 16.9. The van der Waals surface area contributed by atoms with Crippen LogP contribution in [0.5, 0.6) is 0 Å². The highest BCUT2D eigenvalue weighted by atomic mass is 16.4. The van der Waals surface area contributed by atoms with E-state index in [1.165, 1.54) is 0 Å². The second-order valence-electron chi connectivity index (χ2n) is 4.32. The fourth-order valence-electron chi connectivity index (χ4n) is 0.911. The number of carboxylic acid groups (broad SMARTS) is 2. The van der Waals surface area contributed by atoms with Crippen LogP contribution < -0.4 is 0 Å². The molecule has 0 aliphatic rings. The summed E-state index contributed by atoms with van der Waals surface area (Å²) in [6, 6.07) is -0.813. The summed E-state index contributed by atoms with van der Waals surface area (Å²) in [5.74, 6) is -1.58. The molecule has 0 saturated carbocycles. The summed E-state index contributed by atoms with van der Waals surface area (Å²) in [5.41, 5.74) is 0. The maximum Gasteiger partial charge on any atom is 0.321 e. The van der Waals surface area contributed by atoms with E-state index in [0.29, 0.717) is 6.42 Å². The number of hydrogen-bond donors (Lipinski definition) is 2. The van der Waals surface area contributed by atoms with Gasteiger partial charge in [-0.25, -0.2) is 0 Å². The first-order chi connectivity index (χ1) is 8.14. The second-order valence-corrected chi connectivity index (χ2v) is 4.32. The van der Waals surface area contributed by atoms with Gasteiger partial charge in [-0.2, -0.15) is 0 Å². The van der Waals surface area contributed by atoms with Crippen molar-refractivity contribution in [2.24, 2.45) is 0 Å². The van der Waals surface area contributed by atoms with Gasteiger partial charge >= 0.3 is 11.9 Å². The minimum absolute atomic E-state index is 0.380. The highest BCUT2D eigenvalue weighted by Crippen LogP contribution is 1.99. The smallest absolute Gasteiger partial charge is 0.321 e. The van der Waals surface area contributed by atoms with Crippen LogP contribution in [0.4, 0.5) is 0 Å². The van der Waals surface area contributed by atoms with E-state index in [1.807, 2.05) is 0 Å². The fraction of sp³-hybridized carbons (Fsp3) is 0.667. The summed E-state index contributed by atoms with van der Waals surface area (Å²) in [7, 11) is 6.95. The van der Waals surface area contributed by atoms with Crippen molar-refractivity contribution in [2.45, 2.75) is 25.4 Å². The molecule has 0 aliphatic carbocycles. The van der Waals surface area contributed by atoms with Gasteiger partial charge in [0.05, 0.1) is 0 Å². The Morgan fingerprint density at radius 2 is 1.56 bits per heavy atom. The minimum atomic E-state index is -0.801. The molecule has 0 fully saturated rings. The zero-order valence-corrected chi connectivity index (χ0v) is 11.8. The van der Waals surface area contributed by atoms with Crippen LogP contribution in [0.3, 0.4) is 0 Å². The van der Waals surface area contributed by atoms with Gasteiger partial charge in [-0.05, 0) is 41.5 Å². The lowest BCUT2D eigenvalue weighted by Gasteiger charge is -2.17. The molecule has 0 amide bonds.